The van der Waals surface area contributed by atoms with E-state index >= 15 is 0 Å². The molecule has 0 atom stereocenters. The number of aryl methyl sites for hydroxylation is 2. The molecule has 1 N–H and O–H groups in total. The van der Waals surface area contributed by atoms with Gasteiger partial charge in [-0.1, -0.05) is 60.7 Å². The van der Waals surface area contributed by atoms with Gasteiger partial charge < -0.3 is 38.0 Å². The highest BCUT2D eigenvalue weighted by Gasteiger charge is 2.30. The number of para-hydroxylation sites is 1. The molecule has 0 amide bonds. The quantitative estimate of drug-likeness (QED) is 0.119. The Bertz CT molecular complexity index is 2650. The van der Waals surface area contributed by atoms with Crippen molar-refractivity contribution in [3.05, 3.63) is 132 Å². The summed E-state index contributed by atoms with van der Waals surface area (Å²) in [6.45, 7) is 4.81. The summed E-state index contributed by atoms with van der Waals surface area (Å²) >= 11 is 0. The van der Waals surface area contributed by atoms with E-state index in [1.807, 2.05) is 54.6 Å². The van der Waals surface area contributed by atoms with E-state index in [2.05, 4.69) is 84.1 Å². The fraction of sp³-hybridized carbons (Fsp3) is 0.224. The number of rotatable bonds is 14. The molecule has 8 nitrogen and oxygen atoms in total. The van der Waals surface area contributed by atoms with Gasteiger partial charge in [0.1, 0.15) is 28.7 Å². The third-order valence-corrected chi connectivity index (χ3v) is 10.7. The molecule has 0 saturated carbocycles. The van der Waals surface area contributed by atoms with Crippen LogP contribution in [0.15, 0.2) is 115 Å². The molecule has 0 fully saturated rings. The van der Waals surface area contributed by atoms with Crippen molar-refractivity contribution >= 4 is 32.7 Å². The molecule has 0 spiro atoms. The van der Waals surface area contributed by atoms with Gasteiger partial charge in [-0.2, -0.15) is 0 Å². The van der Waals surface area contributed by atoms with Gasteiger partial charge in [-0.3, -0.25) is 0 Å². The van der Waals surface area contributed by atoms with Gasteiger partial charge in [-0.15, -0.1) is 0 Å². The fourth-order valence-corrected chi connectivity index (χ4v) is 8.07. The third-order valence-electron chi connectivity index (χ3n) is 10.7. The number of benzene rings is 6. The molecule has 0 unspecified atom stereocenters. The lowest BCUT2D eigenvalue weighted by molar-refractivity contribution is 0.245. The number of hydrogen-bond donors (Lipinski definition) is 1. The molecule has 2 aromatic heterocycles. The molecule has 8 aromatic rings. The maximum absolute atomic E-state index is 6.54. The van der Waals surface area contributed by atoms with Crippen molar-refractivity contribution in [1.82, 2.24) is 9.55 Å². The summed E-state index contributed by atoms with van der Waals surface area (Å²) in [7, 11) is 8.56. The fourth-order valence-electron chi connectivity index (χ4n) is 8.07. The SMILES string of the molecule is COc1ccc(CCn2c(Cc3ccc(OC)cc3)c(-c3ccc(OC)cc3)c3c4c([nH]c5c(OC(C)C)cccc54)c(OC)c(-c4ccc(OC)cc4)c32)cc1. The lowest BCUT2D eigenvalue weighted by Crippen LogP contribution is -2.08. The molecule has 0 saturated heterocycles. The first kappa shape index (κ1) is 37.4. The molecule has 0 bridgehead atoms. The summed E-state index contributed by atoms with van der Waals surface area (Å²) in [5, 5.41) is 3.27. The van der Waals surface area contributed by atoms with Crippen LogP contribution >= 0.6 is 0 Å². The zero-order chi connectivity index (χ0) is 39.6. The number of aromatic amines is 1. The van der Waals surface area contributed by atoms with E-state index in [1.165, 1.54) is 16.8 Å². The van der Waals surface area contributed by atoms with Crippen LogP contribution in [-0.4, -0.2) is 51.2 Å². The first-order valence-corrected chi connectivity index (χ1v) is 19.3. The second-order valence-electron chi connectivity index (χ2n) is 14.4. The van der Waals surface area contributed by atoms with Gasteiger partial charge in [0.15, 0.2) is 5.75 Å². The molecule has 8 heteroatoms. The minimum absolute atomic E-state index is 0.0104. The van der Waals surface area contributed by atoms with E-state index in [1.54, 1.807) is 35.5 Å². The van der Waals surface area contributed by atoms with E-state index < -0.39 is 0 Å². The second kappa shape index (κ2) is 15.9. The number of aromatic nitrogens is 2. The summed E-state index contributed by atoms with van der Waals surface area (Å²) in [6.07, 6.45) is 1.44. The van der Waals surface area contributed by atoms with Gasteiger partial charge in [0.05, 0.1) is 63.8 Å². The number of nitrogens with one attached hydrogen (secondary N) is 1. The predicted octanol–water partition coefficient (Wildman–Crippen LogP) is 11.3. The van der Waals surface area contributed by atoms with E-state index in [0.717, 1.165) is 95.9 Å². The molecule has 0 radical (unpaired) electrons. The Morgan fingerprint density at radius 1 is 0.544 bits per heavy atom. The average molecular weight is 761 g/mol. The lowest BCUT2D eigenvalue weighted by atomic mass is 9.92. The van der Waals surface area contributed by atoms with Crippen molar-refractivity contribution in [2.24, 2.45) is 0 Å². The molecule has 0 aliphatic carbocycles. The Kier molecular flexibility index (Phi) is 10.4. The minimum Gasteiger partial charge on any atom is -0.497 e. The first-order valence-electron chi connectivity index (χ1n) is 19.3. The topological polar surface area (TPSA) is 76.1 Å². The summed E-state index contributed by atoms with van der Waals surface area (Å²) in [5.74, 6) is 4.79. The van der Waals surface area contributed by atoms with Crippen LogP contribution in [0.3, 0.4) is 0 Å². The number of fused-ring (bicyclic) bond motifs is 5. The zero-order valence-electron chi connectivity index (χ0n) is 33.6. The van der Waals surface area contributed by atoms with Crippen molar-refractivity contribution < 1.29 is 28.4 Å². The number of H-pyrrole nitrogens is 1. The van der Waals surface area contributed by atoms with E-state index in [4.69, 9.17) is 28.4 Å². The summed E-state index contributed by atoms with van der Waals surface area (Å²) in [6, 6.07) is 39.7. The van der Waals surface area contributed by atoms with E-state index in [9.17, 15) is 0 Å². The van der Waals surface area contributed by atoms with Gasteiger partial charge in [-0.25, -0.2) is 0 Å². The third kappa shape index (κ3) is 6.97. The second-order valence-corrected chi connectivity index (χ2v) is 14.4. The van der Waals surface area contributed by atoms with Crippen LogP contribution in [0.25, 0.3) is 55.0 Å². The number of ether oxygens (including phenoxy) is 6. The molecule has 290 valence electrons. The zero-order valence-corrected chi connectivity index (χ0v) is 33.6. The molecule has 0 aliphatic rings. The Balaban J connectivity index is 1.55. The van der Waals surface area contributed by atoms with Crippen LogP contribution in [0.4, 0.5) is 0 Å². The Labute approximate surface area is 333 Å². The lowest BCUT2D eigenvalue weighted by Gasteiger charge is -2.18. The maximum Gasteiger partial charge on any atom is 0.152 e. The van der Waals surface area contributed by atoms with Gasteiger partial charge in [0.25, 0.3) is 0 Å². The van der Waals surface area contributed by atoms with Crippen LogP contribution in [0.1, 0.15) is 30.7 Å². The Morgan fingerprint density at radius 3 is 1.60 bits per heavy atom. The normalized spacial score (nSPS) is 11.4. The average Bonchev–Trinajstić information content (AvgIpc) is 3.79. The van der Waals surface area contributed by atoms with Crippen LogP contribution in [0.2, 0.25) is 0 Å². The Hall–Kier alpha value is -6.54. The Morgan fingerprint density at radius 2 is 1.07 bits per heavy atom. The standard InChI is InChI=1S/C49H48N2O6/c1-30(2)57-41-10-8-9-39-44-45-42(33-15-23-37(54-5)24-16-33)40(29-32-13-21-36(53-4)22-14-32)51(28-27-31-11-19-35(52-3)20-12-31)48(45)43(34-17-25-38(55-6)26-18-34)49(56-7)47(44)50-46(39)41/h8-26,30,50H,27-29H2,1-7H3. The number of methoxy groups -OCH3 is 5. The van der Waals surface area contributed by atoms with Gasteiger partial charge in [0, 0.05) is 40.4 Å². The van der Waals surface area contributed by atoms with Gasteiger partial charge in [-0.05, 0) is 97.1 Å². The van der Waals surface area contributed by atoms with Crippen LogP contribution in [0.5, 0.6) is 34.5 Å². The molecule has 8 rings (SSSR count). The summed E-state index contributed by atoms with van der Waals surface area (Å²) in [5.41, 5.74) is 10.7. The summed E-state index contributed by atoms with van der Waals surface area (Å²) in [4.78, 5) is 3.82. The molecular formula is C49H48N2O6. The molecular weight excluding hydrogens is 713 g/mol. The van der Waals surface area contributed by atoms with Crippen molar-refractivity contribution in [1.29, 1.82) is 0 Å². The first-order chi connectivity index (χ1) is 27.8. The van der Waals surface area contributed by atoms with E-state index in [0.29, 0.717) is 13.0 Å². The van der Waals surface area contributed by atoms with Gasteiger partial charge >= 0.3 is 0 Å². The monoisotopic (exact) mass is 760 g/mol. The van der Waals surface area contributed by atoms with Crippen molar-refractivity contribution in [2.45, 2.75) is 39.3 Å². The summed E-state index contributed by atoms with van der Waals surface area (Å²) < 4.78 is 37.9. The molecule has 2 heterocycles. The minimum atomic E-state index is -0.0104. The number of nitrogens with zero attached hydrogens (tertiary/aromatic N) is 1. The molecule has 0 aliphatic heterocycles. The highest BCUT2D eigenvalue weighted by molar-refractivity contribution is 6.29. The van der Waals surface area contributed by atoms with Crippen LogP contribution in [0, 0.1) is 0 Å². The van der Waals surface area contributed by atoms with Crippen molar-refractivity contribution in [3.8, 4) is 56.8 Å². The van der Waals surface area contributed by atoms with E-state index in [-0.39, 0.29) is 6.10 Å². The largest absolute Gasteiger partial charge is 0.497 e. The smallest absolute Gasteiger partial charge is 0.152 e. The predicted molar refractivity (Wildman–Crippen MR) is 230 cm³/mol. The van der Waals surface area contributed by atoms with Crippen molar-refractivity contribution in [2.75, 3.05) is 35.5 Å². The number of hydrogen-bond acceptors (Lipinski definition) is 6. The molecule has 57 heavy (non-hydrogen) atoms. The van der Waals surface area contributed by atoms with Crippen molar-refractivity contribution in [3.63, 3.8) is 0 Å². The molecule has 6 aromatic carbocycles. The van der Waals surface area contributed by atoms with Crippen LogP contribution in [-0.2, 0) is 19.4 Å². The highest BCUT2D eigenvalue weighted by atomic mass is 16.5. The maximum atomic E-state index is 6.54. The highest BCUT2D eigenvalue weighted by Crippen LogP contribution is 2.52. The van der Waals surface area contributed by atoms with Crippen LogP contribution < -0.4 is 28.4 Å². The van der Waals surface area contributed by atoms with Gasteiger partial charge in [0.2, 0.25) is 0 Å².